The summed E-state index contributed by atoms with van der Waals surface area (Å²) in [5.74, 6) is 1.85. The summed E-state index contributed by atoms with van der Waals surface area (Å²) in [4.78, 5) is 21.4. The second kappa shape index (κ2) is 15.6. The molecule has 6 heterocycles. The highest BCUT2D eigenvalue weighted by molar-refractivity contribution is 7.92. The van der Waals surface area contributed by atoms with Crippen molar-refractivity contribution in [3.8, 4) is 0 Å². The molecule has 62 heavy (non-hydrogen) atoms. The molecule has 14 nitrogen and oxygen atoms in total. The number of aromatic amines is 1. The van der Waals surface area contributed by atoms with Crippen LogP contribution in [0.2, 0.25) is 0 Å². The van der Waals surface area contributed by atoms with E-state index in [1.165, 1.54) is 3.97 Å². The van der Waals surface area contributed by atoms with Gasteiger partial charge >= 0.3 is 0 Å². The van der Waals surface area contributed by atoms with Crippen LogP contribution in [0.1, 0.15) is 95.7 Å². The average Bonchev–Trinajstić information content (AvgIpc) is 3.89. The fraction of sp³-hybridized carbons (Fsp3) is 0.511. The first-order valence-corrected chi connectivity index (χ1v) is 27.0. The zero-order valence-electron chi connectivity index (χ0n) is 35.3. The Balaban J connectivity index is 0.000000156. The van der Waals surface area contributed by atoms with E-state index in [1.807, 2.05) is 38.0 Å². The molecule has 6 atom stereocenters. The first kappa shape index (κ1) is 41.4. The Morgan fingerprint density at radius 3 is 1.71 bits per heavy atom. The molecule has 0 saturated heterocycles. The Labute approximate surface area is 362 Å². The topological polar surface area (TPSA) is 185 Å². The maximum absolute atomic E-state index is 13.4. The van der Waals surface area contributed by atoms with Gasteiger partial charge in [-0.15, -0.1) is 0 Å². The van der Waals surface area contributed by atoms with Crippen molar-refractivity contribution in [3.05, 3.63) is 79.4 Å². The van der Waals surface area contributed by atoms with Gasteiger partial charge < -0.3 is 14.1 Å². The van der Waals surface area contributed by atoms with Crippen molar-refractivity contribution in [2.75, 3.05) is 11.5 Å². The Hall–Kier alpha value is -4.61. The number of benzene rings is 1. The smallest absolute Gasteiger partial charge is 0.269 e. The van der Waals surface area contributed by atoms with Crippen LogP contribution in [0.5, 0.6) is 0 Å². The molecule has 2 unspecified atom stereocenters. The van der Waals surface area contributed by atoms with Crippen molar-refractivity contribution in [1.82, 2.24) is 38.0 Å². The van der Waals surface area contributed by atoms with Gasteiger partial charge in [-0.25, -0.2) is 49.2 Å². The molecule has 0 spiro atoms. The number of nitrogens with one attached hydrogen (secondary N) is 1. The van der Waals surface area contributed by atoms with Crippen LogP contribution in [0.25, 0.3) is 44.1 Å². The lowest BCUT2D eigenvalue weighted by Gasteiger charge is -2.20. The van der Waals surface area contributed by atoms with E-state index < -0.39 is 29.7 Å². The Morgan fingerprint density at radius 2 is 1.18 bits per heavy atom. The predicted octanol–water partition coefficient (Wildman–Crippen LogP) is 7.95. The summed E-state index contributed by atoms with van der Waals surface area (Å²) in [5, 5.41) is 1.63. The van der Waals surface area contributed by atoms with E-state index in [0.717, 1.165) is 103 Å². The molecule has 4 fully saturated rings. The molecule has 0 radical (unpaired) electrons. The minimum Gasteiger partial charge on any atom is -0.346 e. The Kier molecular flexibility index (Phi) is 10.4. The molecular weight excluding hydrogens is 845 g/mol. The first-order valence-electron chi connectivity index (χ1n) is 22.1. The number of sulfone groups is 2. The number of aryl methyl sites for hydroxylation is 1. The highest BCUT2D eigenvalue weighted by atomic mass is 32.2. The lowest BCUT2D eigenvalue weighted by molar-refractivity contribution is 0.377. The lowest BCUT2D eigenvalue weighted by atomic mass is 10.00. The van der Waals surface area contributed by atoms with Gasteiger partial charge in [-0.05, 0) is 106 Å². The van der Waals surface area contributed by atoms with Gasteiger partial charge in [0, 0.05) is 35.2 Å². The summed E-state index contributed by atoms with van der Waals surface area (Å²) in [6, 6.07) is 11.0. The van der Waals surface area contributed by atoms with Crippen molar-refractivity contribution in [3.63, 3.8) is 0 Å². The van der Waals surface area contributed by atoms with E-state index in [0.29, 0.717) is 34.8 Å². The number of hydrogen-bond acceptors (Lipinski definition) is 10. The SMILES string of the molecule is CC[C@@H]1C[C@H](CS(=O)(=O)C2CC2)CC1n1cnc2cnc3[nH]ccc3c21.CC[C@@H]1C[C@H](CS(=O)(=O)C2CC2)CC1n1cnc2cnc3c(ccn3S(=O)(=O)c3ccc(C)cc3)c21. The zero-order chi connectivity index (χ0) is 43.1. The van der Waals surface area contributed by atoms with Crippen LogP contribution < -0.4 is 0 Å². The number of imidazole rings is 2. The number of pyridine rings is 2. The molecule has 4 aliphatic carbocycles. The minimum absolute atomic E-state index is 0.0544. The fourth-order valence-electron chi connectivity index (χ4n) is 10.7. The van der Waals surface area contributed by atoms with Crippen LogP contribution in [-0.4, -0.2) is 85.3 Å². The van der Waals surface area contributed by atoms with Crippen molar-refractivity contribution >= 4 is 73.8 Å². The Morgan fingerprint density at radius 1 is 0.645 bits per heavy atom. The number of nitrogens with zero attached hydrogens (tertiary/aromatic N) is 7. The van der Waals surface area contributed by atoms with Crippen LogP contribution >= 0.6 is 0 Å². The maximum Gasteiger partial charge on any atom is 0.269 e. The summed E-state index contributed by atoms with van der Waals surface area (Å²) in [5.41, 5.74) is 5.80. The molecule has 7 aromatic rings. The summed E-state index contributed by atoms with van der Waals surface area (Å²) in [6.07, 6.45) is 19.5. The van der Waals surface area contributed by atoms with E-state index in [2.05, 4.69) is 47.9 Å². The van der Waals surface area contributed by atoms with E-state index in [9.17, 15) is 25.3 Å². The van der Waals surface area contributed by atoms with E-state index in [4.69, 9.17) is 0 Å². The van der Waals surface area contributed by atoms with Gasteiger partial charge in [0.05, 0.1) is 63.0 Å². The highest BCUT2D eigenvalue weighted by Gasteiger charge is 2.43. The van der Waals surface area contributed by atoms with Crippen LogP contribution in [0.3, 0.4) is 0 Å². The standard InChI is InChI=1S/C26H30N4O4S2.C19H24N4O2S/c1-3-19-12-18(15-35(31,32)20-8-9-20)13-24(19)29-16-28-23-14-27-26-22(25(23)29)10-11-30(26)36(33,34)21-6-4-17(2)5-7-21;1-2-13-7-12(10-26(24,25)14-3-4-14)8-17(13)23-11-22-16-9-21-19-15(18(16)23)5-6-20-19/h4-7,10-11,14,16,18-20,24H,3,8-9,12-13,15H2,1-2H3;5-6,9,11-14,17H,2-4,7-8,10H2,1H3,(H,20,21)/t18-,19+,24?;12-,13+,17?/m00/s1. The van der Waals surface area contributed by atoms with Gasteiger partial charge in [-0.1, -0.05) is 44.4 Å². The molecule has 17 heteroatoms. The van der Waals surface area contributed by atoms with Gasteiger partial charge in [0.1, 0.15) is 16.7 Å². The number of H-pyrrole nitrogens is 1. The van der Waals surface area contributed by atoms with E-state index >= 15 is 0 Å². The molecule has 0 amide bonds. The van der Waals surface area contributed by atoms with Gasteiger partial charge in [-0.3, -0.25) is 0 Å². The normalized spacial score (nSPS) is 24.7. The lowest BCUT2D eigenvalue weighted by Crippen LogP contribution is -2.18. The highest BCUT2D eigenvalue weighted by Crippen LogP contribution is 2.47. The van der Waals surface area contributed by atoms with Crippen molar-refractivity contribution in [2.24, 2.45) is 23.7 Å². The quantitative estimate of drug-likeness (QED) is 0.126. The second-order valence-corrected chi connectivity index (χ2v) is 24.9. The van der Waals surface area contributed by atoms with E-state index in [1.54, 1.807) is 42.7 Å². The molecule has 4 saturated carbocycles. The van der Waals surface area contributed by atoms with Gasteiger partial charge in [0.2, 0.25) is 0 Å². The summed E-state index contributed by atoms with van der Waals surface area (Å²) >= 11 is 0. The summed E-state index contributed by atoms with van der Waals surface area (Å²) in [7, 11) is -9.73. The van der Waals surface area contributed by atoms with Crippen LogP contribution in [0, 0.1) is 30.6 Å². The Bertz CT molecular complexity index is 3140. The number of rotatable bonds is 12. The number of fused-ring (bicyclic) bond motifs is 6. The molecule has 0 bridgehead atoms. The van der Waals surface area contributed by atoms with Gasteiger partial charge in [-0.2, -0.15) is 0 Å². The molecule has 328 valence electrons. The van der Waals surface area contributed by atoms with E-state index in [-0.39, 0.29) is 39.0 Å². The maximum atomic E-state index is 13.4. The predicted molar refractivity (Wildman–Crippen MR) is 241 cm³/mol. The third kappa shape index (κ3) is 7.44. The third-order valence-corrected chi connectivity index (χ3v) is 20.7. The van der Waals surface area contributed by atoms with Crippen LogP contribution in [0.4, 0.5) is 0 Å². The fourth-order valence-corrected chi connectivity index (χ4v) is 16.1. The number of aromatic nitrogens is 8. The summed E-state index contributed by atoms with van der Waals surface area (Å²) < 4.78 is 82.7. The third-order valence-electron chi connectivity index (χ3n) is 14.2. The molecular formula is C45H54N8O6S3. The van der Waals surface area contributed by atoms with Gasteiger partial charge in [0.15, 0.2) is 25.3 Å². The molecule has 11 rings (SSSR count). The van der Waals surface area contributed by atoms with Crippen LogP contribution in [-0.2, 0) is 29.7 Å². The van der Waals surface area contributed by atoms with Gasteiger partial charge in [0.25, 0.3) is 10.0 Å². The van der Waals surface area contributed by atoms with Crippen molar-refractivity contribution in [2.45, 2.75) is 112 Å². The molecule has 4 aliphatic rings. The van der Waals surface area contributed by atoms with Crippen molar-refractivity contribution < 1.29 is 25.3 Å². The molecule has 0 aliphatic heterocycles. The monoisotopic (exact) mass is 898 g/mol. The second-order valence-electron chi connectivity index (χ2n) is 18.4. The molecule has 6 aromatic heterocycles. The zero-order valence-corrected chi connectivity index (χ0v) is 37.8. The average molecular weight is 899 g/mol. The first-order chi connectivity index (χ1) is 29.8. The largest absolute Gasteiger partial charge is 0.346 e. The summed E-state index contributed by atoms with van der Waals surface area (Å²) in [6.45, 7) is 6.28. The van der Waals surface area contributed by atoms with Crippen molar-refractivity contribution in [1.29, 1.82) is 0 Å². The minimum atomic E-state index is -3.81. The molecule has 1 aromatic carbocycles. The number of hydrogen-bond donors (Lipinski definition) is 1. The van der Waals surface area contributed by atoms with Crippen LogP contribution in [0.15, 0.2) is 78.7 Å². The molecule has 1 N–H and O–H groups in total.